The van der Waals surface area contributed by atoms with Gasteiger partial charge >= 0.3 is 0 Å². The third-order valence-corrected chi connectivity index (χ3v) is 2.68. The summed E-state index contributed by atoms with van der Waals surface area (Å²) >= 11 is 0. The fraction of sp³-hybridized carbons (Fsp3) is 0.571. The Morgan fingerprint density at radius 1 is 1.45 bits per heavy atom. The molecule has 0 bridgehead atoms. The molecule has 0 radical (unpaired) electrons. The molecule has 112 valence electrons. The highest BCUT2D eigenvalue weighted by Gasteiger charge is 2.21. The molecule has 1 rings (SSSR count). The van der Waals surface area contributed by atoms with E-state index in [2.05, 4.69) is 5.32 Å². The molecule has 0 saturated heterocycles. The summed E-state index contributed by atoms with van der Waals surface area (Å²) in [6.07, 6.45) is 1.61. The first-order valence-corrected chi connectivity index (χ1v) is 6.65. The van der Waals surface area contributed by atoms with Crippen LogP contribution in [0.25, 0.3) is 0 Å². The Bertz CT molecular complexity index is 435. The highest BCUT2D eigenvalue weighted by Crippen LogP contribution is 2.06. The second kappa shape index (κ2) is 7.09. The minimum absolute atomic E-state index is 0.102. The molecule has 0 saturated carbocycles. The zero-order chi connectivity index (χ0) is 15.2. The molecule has 0 aliphatic rings. The third kappa shape index (κ3) is 5.44. The Hall–Kier alpha value is -1.82. The number of rotatable bonds is 7. The second-order valence-electron chi connectivity index (χ2n) is 5.20. The van der Waals surface area contributed by atoms with Crippen LogP contribution in [-0.4, -0.2) is 47.1 Å². The molecule has 6 heteroatoms. The number of nitrogens with zero attached hydrogens (tertiary/aromatic N) is 1. The normalized spacial score (nSPS) is 11.2. The van der Waals surface area contributed by atoms with Crippen molar-refractivity contribution in [3.63, 3.8) is 0 Å². The van der Waals surface area contributed by atoms with E-state index in [0.717, 1.165) is 0 Å². The summed E-state index contributed by atoms with van der Waals surface area (Å²) in [6.45, 7) is 6.19. The predicted octanol–water partition coefficient (Wildman–Crippen LogP) is 1.02. The first-order valence-electron chi connectivity index (χ1n) is 6.65. The molecule has 0 aromatic carbocycles. The van der Waals surface area contributed by atoms with E-state index >= 15 is 0 Å². The van der Waals surface area contributed by atoms with Gasteiger partial charge in [0.1, 0.15) is 0 Å². The molecule has 0 fully saturated rings. The summed E-state index contributed by atoms with van der Waals surface area (Å²) in [5.74, 6) is -0.219. The molecule has 2 amide bonds. The standard InChI is InChI=1S/C14H22N2O4/c1-4-16(10-14(2,3)19)12(17)7-8-15-13(18)11-6-5-9-20-11/h5-6,9,19H,4,7-8,10H2,1-3H3,(H,15,18). The number of aliphatic hydroxyl groups is 1. The highest BCUT2D eigenvalue weighted by molar-refractivity contribution is 5.91. The molecule has 1 aromatic rings. The molecule has 0 aliphatic heterocycles. The van der Waals surface area contributed by atoms with E-state index in [9.17, 15) is 14.7 Å². The van der Waals surface area contributed by atoms with E-state index in [4.69, 9.17) is 4.42 Å². The van der Waals surface area contributed by atoms with Crippen LogP contribution < -0.4 is 5.32 Å². The first-order chi connectivity index (χ1) is 9.33. The van der Waals surface area contributed by atoms with Crippen molar-refractivity contribution in [1.82, 2.24) is 10.2 Å². The lowest BCUT2D eigenvalue weighted by Crippen LogP contribution is -2.43. The number of amides is 2. The number of likely N-dealkylation sites (N-methyl/N-ethyl adjacent to an activating group) is 1. The van der Waals surface area contributed by atoms with Gasteiger partial charge in [-0.2, -0.15) is 0 Å². The maximum absolute atomic E-state index is 12.0. The van der Waals surface area contributed by atoms with Gasteiger partial charge in [0, 0.05) is 26.1 Å². The quantitative estimate of drug-likeness (QED) is 0.782. The van der Waals surface area contributed by atoms with Crippen LogP contribution in [0.15, 0.2) is 22.8 Å². The molecule has 0 aliphatic carbocycles. The van der Waals surface area contributed by atoms with E-state index in [1.165, 1.54) is 6.26 Å². The Morgan fingerprint density at radius 3 is 2.65 bits per heavy atom. The van der Waals surface area contributed by atoms with Gasteiger partial charge < -0.3 is 19.7 Å². The Balaban J connectivity index is 2.36. The van der Waals surface area contributed by atoms with Crippen molar-refractivity contribution in [3.05, 3.63) is 24.2 Å². The van der Waals surface area contributed by atoms with E-state index in [0.29, 0.717) is 6.54 Å². The largest absolute Gasteiger partial charge is 0.459 e. The maximum atomic E-state index is 12.0. The van der Waals surface area contributed by atoms with Crippen LogP contribution in [0.3, 0.4) is 0 Å². The maximum Gasteiger partial charge on any atom is 0.286 e. The molecule has 20 heavy (non-hydrogen) atoms. The molecule has 0 unspecified atom stereocenters. The zero-order valence-corrected chi connectivity index (χ0v) is 12.2. The van der Waals surface area contributed by atoms with Crippen molar-refractivity contribution in [2.75, 3.05) is 19.6 Å². The van der Waals surface area contributed by atoms with Crippen LogP contribution in [-0.2, 0) is 4.79 Å². The smallest absolute Gasteiger partial charge is 0.286 e. The molecule has 1 heterocycles. The van der Waals surface area contributed by atoms with Crippen molar-refractivity contribution < 1.29 is 19.1 Å². The summed E-state index contributed by atoms with van der Waals surface area (Å²) in [5, 5.41) is 12.3. The van der Waals surface area contributed by atoms with Gasteiger partial charge in [0.2, 0.25) is 5.91 Å². The average molecular weight is 282 g/mol. The number of hydrogen-bond donors (Lipinski definition) is 2. The number of nitrogens with one attached hydrogen (secondary N) is 1. The van der Waals surface area contributed by atoms with Crippen molar-refractivity contribution in [1.29, 1.82) is 0 Å². The topological polar surface area (TPSA) is 82.8 Å². The minimum atomic E-state index is -0.927. The van der Waals surface area contributed by atoms with E-state index in [-0.39, 0.29) is 37.1 Å². The fourth-order valence-electron chi connectivity index (χ4n) is 1.78. The van der Waals surface area contributed by atoms with E-state index in [1.54, 1.807) is 30.9 Å². The van der Waals surface area contributed by atoms with Crippen LogP contribution >= 0.6 is 0 Å². The first kappa shape index (κ1) is 16.2. The summed E-state index contributed by atoms with van der Waals surface area (Å²) in [5.41, 5.74) is -0.927. The highest BCUT2D eigenvalue weighted by atomic mass is 16.3. The monoisotopic (exact) mass is 282 g/mol. The van der Waals surface area contributed by atoms with Crippen LogP contribution in [0.5, 0.6) is 0 Å². The van der Waals surface area contributed by atoms with Crippen molar-refractivity contribution in [3.8, 4) is 0 Å². The summed E-state index contributed by atoms with van der Waals surface area (Å²) in [4.78, 5) is 25.1. The number of hydrogen-bond acceptors (Lipinski definition) is 4. The summed E-state index contributed by atoms with van der Waals surface area (Å²) in [7, 11) is 0. The van der Waals surface area contributed by atoms with Gasteiger partial charge in [0.15, 0.2) is 5.76 Å². The summed E-state index contributed by atoms with van der Waals surface area (Å²) in [6, 6.07) is 3.19. The van der Waals surface area contributed by atoms with E-state index < -0.39 is 5.60 Å². The van der Waals surface area contributed by atoms with Gasteiger partial charge in [0.25, 0.3) is 5.91 Å². The summed E-state index contributed by atoms with van der Waals surface area (Å²) < 4.78 is 4.95. The Morgan fingerprint density at radius 2 is 2.15 bits per heavy atom. The lowest BCUT2D eigenvalue weighted by atomic mass is 10.1. The molecule has 0 spiro atoms. The Kier molecular flexibility index (Phi) is 5.76. The van der Waals surface area contributed by atoms with Crippen LogP contribution in [0.4, 0.5) is 0 Å². The minimum Gasteiger partial charge on any atom is -0.459 e. The van der Waals surface area contributed by atoms with Crippen molar-refractivity contribution in [2.24, 2.45) is 0 Å². The van der Waals surface area contributed by atoms with Crippen molar-refractivity contribution >= 4 is 11.8 Å². The van der Waals surface area contributed by atoms with Gasteiger partial charge in [-0.05, 0) is 32.9 Å². The Labute approximate surface area is 118 Å². The third-order valence-electron chi connectivity index (χ3n) is 2.68. The number of carbonyl (C=O) groups is 2. The molecular formula is C14H22N2O4. The molecule has 2 N–H and O–H groups in total. The molecule has 6 nitrogen and oxygen atoms in total. The van der Waals surface area contributed by atoms with Gasteiger partial charge in [-0.1, -0.05) is 0 Å². The van der Waals surface area contributed by atoms with Crippen LogP contribution in [0.1, 0.15) is 37.7 Å². The molecule has 1 aromatic heterocycles. The number of carbonyl (C=O) groups excluding carboxylic acids is 2. The van der Waals surface area contributed by atoms with Gasteiger partial charge in [-0.15, -0.1) is 0 Å². The molecular weight excluding hydrogens is 260 g/mol. The van der Waals surface area contributed by atoms with Crippen molar-refractivity contribution in [2.45, 2.75) is 32.8 Å². The van der Waals surface area contributed by atoms with Gasteiger partial charge in [-0.3, -0.25) is 9.59 Å². The van der Waals surface area contributed by atoms with Gasteiger partial charge in [-0.25, -0.2) is 0 Å². The predicted molar refractivity (Wildman–Crippen MR) is 74.2 cm³/mol. The van der Waals surface area contributed by atoms with Crippen LogP contribution in [0, 0.1) is 0 Å². The number of furan rings is 1. The average Bonchev–Trinajstić information content (AvgIpc) is 2.88. The second-order valence-corrected chi connectivity index (χ2v) is 5.20. The van der Waals surface area contributed by atoms with E-state index in [1.807, 2.05) is 6.92 Å². The molecule has 0 atom stereocenters. The lowest BCUT2D eigenvalue weighted by Gasteiger charge is -2.28. The lowest BCUT2D eigenvalue weighted by molar-refractivity contribution is -0.133. The van der Waals surface area contributed by atoms with Crippen LogP contribution in [0.2, 0.25) is 0 Å². The zero-order valence-electron chi connectivity index (χ0n) is 12.2. The fourth-order valence-corrected chi connectivity index (χ4v) is 1.78. The van der Waals surface area contributed by atoms with Gasteiger partial charge in [0.05, 0.1) is 11.9 Å². The SMILES string of the molecule is CCN(CC(C)(C)O)C(=O)CCNC(=O)c1ccco1.